The van der Waals surface area contributed by atoms with Crippen molar-refractivity contribution < 1.29 is 6.16 Å². The molecule has 0 aliphatic carbocycles. The summed E-state index contributed by atoms with van der Waals surface area (Å²) in [7, 11) is 0. The smallest absolute Gasteiger partial charge is 0.163 e. The Labute approximate surface area is 215 Å². The molecule has 0 unspecified atom stereocenters. The molecule has 0 atom stereocenters. The molecule has 0 bridgehead atoms. The molecule has 2 aromatic carbocycles. The highest BCUT2D eigenvalue weighted by atomic mass is 16.5. The Bertz CT molecular complexity index is 1240. The first-order valence-corrected chi connectivity index (χ1v) is 10.7. The van der Waals surface area contributed by atoms with Crippen molar-refractivity contribution >= 4 is 11.5 Å². The summed E-state index contributed by atoms with van der Waals surface area (Å²) in [6, 6.07) is 17.5. The number of nitrogens with one attached hydrogen (secondary N) is 1. The normalized spacial score (nSPS) is 8.75. The number of allylic oxidation sites excluding steroid dienone is 1. The second kappa shape index (κ2) is 16.0. The predicted octanol–water partition coefficient (Wildman–Crippen LogP) is 5.37. The van der Waals surface area contributed by atoms with E-state index in [4.69, 9.17) is 27.4 Å². The van der Waals surface area contributed by atoms with Gasteiger partial charge in [-0.05, 0) is 81.1 Å². The lowest BCUT2D eigenvalue weighted by molar-refractivity contribution is 0.268. The molecule has 0 saturated carbocycles. The number of benzene rings is 2. The zero-order valence-electron chi connectivity index (χ0n) is 20.6. The number of nitrogens with two attached hydrogens (primary N) is 2. The lowest BCUT2D eigenvalue weighted by Gasteiger charge is -2.06. The fourth-order valence-electron chi connectivity index (χ4n) is 3.03. The SMILES string of the molecule is C.CCOC=C(C#N)C#N.Cc1cc(C)cc(-n2ncc(C#N)c2N)c1.Cc1cc(C)cc(NN)c1.[2HH]. The van der Waals surface area contributed by atoms with Crippen molar-refractivity contribution in [2.75, 3.05) is 17.8 Å². The fourth-order valence-corrected chi connectivity index (χ4v) is 3.03. The van der Waals surface area contributed by atoms with E-state index in [-0.39, 0.29) is 14.4 Å². The number of aryl methyl sites for hydroxylation is 4. The number of hydrogen-bond donors (Lipinski definition) is 3. The monoisotopic (exact) mass is 489 g/mol. The summed E-state index contributed by atoms with van der Waals surface area (Å²) < 4.78 is 6.25. The summed E-state index contributed by atoms with van der Waals surface area (Å²) in [6.07, 6.45) is 2.63. The van der Waals surface area contributed by atoms with E-state index in [1.807, 2.05) is 58.0 Å². The van der Waals surface area contributed by atoms with Gasteiger partial charge in [0.15, 0.2) is 5.57 Å². The Kier molecular flexibility index (Phi) is 13.8. The Morgan fingerprint density at radius 1 is 1.00 bits per heavy atom. The largest absolute Gasteiger partial charge is 0.499 e. The van der Waals surface area contributed by atoms with Crippen LogP contribution < -0.4 is 17.0 Å². The Morgan fingerprint density at radius 2 is 1.50 bits per heavy atom. The molecule has 3 rings (SSSR count). The number of nitrogen functional groups attached to an aromatic ring is 2. The van der Waals surface area contributed by atoms with Crippen LogP contribution in [0, 0.1) is 61.7 Å². The van der Waals surface area contributed by atoms with Gasteiger partial charge < -0.3 is 15.9 Å². The summed E-state index contributed by atoms with van der Waals surface area (Å²) in [6.45, 7) is 10.4. The van der Waals surface area contributed by atoms with Crippen molar-refractivity contribution in [2.45, 2.75) is 42.0 Å². The molecule has 1 aromatic heterocycles. The highest BCUT2D eigenvalue weighted by Crippen LogP contribution is 2.18. The van der Waals surface area contributed by atoms with Crippen LogP contribution in [0.25, 0.3) is 5.69 Å². The lowest BCUT2D eigenvalue weighted by atomic mass is 10.1. The quantitative estimate of drug-likeness (QED) is 0.191. The minimum absolute atomic E-state index is 0. The van der Waals surface area contributed by atoms with Gasteiger partial charge in [0.2, 0.25) is 0 Å². The summed E-state index contributed by atoms with van der Waals surface area (Å²) in [5.74, 6) is 5.62. The van der Waals surface area contributed by atoms with Crippen LogP contribution in [-0.4, -0.2) is 16.4 Å². The van der Waals surface area contributed by atoms with Crippen LogP contribution in [0.5, 0.6) is 0 Å². The third-order valence-electron chi connectivity index (χ3n) is 4.38. The number of aromatic nitrogens is 2. The van der Waals surface area contributed by atoms with E-state index in [9.17, 15) is 0 Å². The molecule has 9 nitrogen and oxygen atoms in total. The highest BCUT2D eigenvalue weighted by Gasteiger charge is 2.08. The molecule has 0 spiro atoms. The van der Waals surface area contributed by atoms with E-state index < -0.39 is 0 Å². The van der Waals surface area contributed by atoms with Gasteiger partial charge in [0, 0.05) is 7.11 Å². The molecule has 36 heavy (non-hydrogen) atoms. The summed E-state index contributed by atoms with van der Waals surface area (Å²) in [4.78, 5) is 0. The molecule has 9 heteroatoms. The molecule has 190 valence electrons. The van der Waals surface area contributed by atoms with Crippen LogP contribution >= 0.6 is 0 Å². The van der Waals surface area contributed by atoms with Crippen LogP contribution in [0.1, 0.15) is 43.6 Å². The van der Waals surface area contributed by atoms with Crippen molar-refractivity contribution in [3.63, 3.8) is 0 Å². The lowest BCUT2D eigenvalue weighted by Crippen LogP contribution is -2.06. The topological polar surface area (TPSA) is 162 Å². The number of hydrogen-bond acceptors (Lipinski definition) is 8. The van der Waals surface area contributed by atoms with Gasteiger partial charge in [0.25, 0.3) is 0 Å². The predicted molar refractivity (Wildman–Crippen MR) is 146 cm³/mol. The number of anilines is 2. The number of ether oxygens (including phenoxy) is 1. The molecule has 0 amide bonds. The van der Waals surface area contributed by atoms with Crippen LogP contribution in [-0.2, 0) is 4.74 Å². The number of rotatable bonds is 4. The van der Waals surface area contributed by atoms with E-state index in [1.54, 1.807) is 23.7 Å². The highest BCUT2D eigenvalue weighted by molar-refractivity contribution is 5.53. The van der Waals surface area contributed by atoms with Gasteiger partial charge in [-0.25, -0.2) is 4.68 Å². The van der Waals surface area contributed by atoms with Gasteiger partial charge in [0.1, 0.15) is 35.9 Å². The molecule has 0 aliphatic rings. The Morgan fingerprint density at radius 3 is 1.89 bits per heavy atom. The molecule has 0 radical (unpaired) electrons. The summed E-state index contributed by atoms with van der Waals surface area (Å²) in [5, 5.41) is 29.2. The zero-order valence-corrected chi connectivity index (χ0v) is 20.6. The van der Waals surface area contributed by atoms with E-state index in [2.05, 4.69) is 27.4 Å². The van der Waals surface area contributed by atoms with Crippen molar-refractivity contribution in [1.82, 2.24) is 9.78 Å². The first kappa shape index (κ1) is 31.2. The van der Waals surface area contributed by atoms with Gasteiger partial charge in [0.05, 0.1) is 18.5 Å². The molecule has 0 aliphatic heterocycles. The third-order valence-corrected chi connectivity index (χ3v) is 4.38. The molecule has 3 aromatic rings. The average molecular weight is 490 g/mol. The standard InChI is InChI=1S/C12H12N4.C8H12N2.C6H6N2O.CH4.H2/c1-8-3-9(2)5-11(4-8)16-12(14)10(6-13)7-15-16;1-6-3-7(2)5-8(4-6)10-9;1-2-9-5-6(3-7)4-8;;/h3-5,7H,14H2,1-2H3;3-5,10H,9H2,1-2H3;5H,2H2,1H3;1H4;1H/i;;;;1+1. The van der Waals surface area contributed by atoms with Gasteiger partial charge >= 0.3 is 0 Å². The van der Waals surface area contributed by atoms with Gasteiger partial charge in [-0.2, -0.15) is 20.9 Å². The maximum absolute atomic E-state index is 8.80. The maximum Gasteiger partial charge on any atom is 0.163 e. The van der Waals surface area contributed by atoms with Crippen molar-refractivity contribution in [3.05, 3.63) is 82.2 Å². The van der Waals surface area contributed by atoms with Crippen molar-refractivity contribution in [3.8, 4) is 23.9 Å². The fraction of sp³-hybridized carbons (Fsp3) is 0.259. The Hall–Kier alpha value is -4.78. The van der Waals surface area contributed by atoms with Crippen LogP contribution in [0.4, 0.5) is 11.5 Å². The molecule has 0 fully saturated rings. The summed E-state index contributed by atoms with van der Waals surface area (Å²) >= 11 is 0. The van der Waals surface area contributed by atoms with Crippen LogP contribution in [0.15, 0.2) is 54.4 Å². The number of nitriles is 3. The van der Waals surface area contributed by atoms with Crippen LogP contribution in [0.3, 0.4) is 0 Å². The van der Waals surface area contributed by atoms with Crippen LogP contribution in [0.2, 0.25) is 0 Å². The second-order valence-corrected chi connectivity index (χ2v) is 7.54. The number of nitrogens with zero attached hydrogens (tertiary/aromatic N) is 5. The first-order valence-electron chi connectivity index (χ1n) is 10.7. The van der Waals surface area contributed by atoms with Gasteiger partial charge in [-0.1, -0.05) is 19.6 Å². The minimum Gasteiger partial charge on any atom is -0.499 e. The van der Waals surface area contributed by atoms with E-state index in [1.165, 1.54) is 17.3 Å². The maximum atomic E-state index is 8.80. The molecule has 0 saturated heterocycles. The molecule has 5 N–H and O–H groups in total. The minimum atomic E-state index is -0.00292. The average Bonchev–Trinajstić information content (AvgIpc) is 3.19. The van der Waals surface area contributed by atoms with E-state index in [0.717, 1.165) is 28.8 Å². The molecule has 1 heterocycles. The van der Waals surface area contributed by atoms with E-state index >= 15 is 0 Å². The molecular formula is C27H36N8O. The van der Waals surface area contributed by atoms with Crippen molar-refractivity contribution in [2.24, 2.45) is 5.84 Å². The van der Waals surface area contributed by atoms with Gasteiger partial charge in [-0.15, -0.1) is 0 Å². The third kappa shape index (κ3) is 10.0. The van der Waals surface area contributed by atoms with Crippen molar-refractivity contribution in [1.29, 1.82) is 15.8 Å². The number of hydrazine groups is 1. The van der Waals surface area contributed by atoms with E-state index in [0.29, 0.717) is 18.0 Å². The zero-order chi connectivity index (χ0) is 26.4. The van der Waals surface area contributed by atoms with Gasteiger partial charge in [-0.3, -0.25) is 5.84 Å². The molecular weight excluding hydrogens is 452 g/mol. The second-order valence-electron chi connectivity index (χ2n) is 7.54. The Balaban J connectivity index is 0. The first-order chi connectivity index (χ1) is 16.7. The summed E-state index contributed by atoms with van der Waals surface area (Å²) in [5.41, 5.74) is 15.4.